The molecule has 0 fully saturated rings. The summed E-state index contributed by atoms with van der Waals surface area (Å²) in [7, 11) is 0. The molecule has 0 aliphatic heterocycles. The molecular weight excluding hydrogens is 394 g/mol. The first-order chi connectivity index (χ1) is 15.0. The molecule has 160 valence electrons. The summed E-state index contributed by atoms with van der Waals surface area (Å²) in [5.74, 6) is 0.179. The van der Waals surface area contributed by atoms with E-state index in [0.717, 1.165) is 16.8 Å². The number of carbonyl (C=O) groups excluding carboxylic acids is 2. The van der Waals surface area contributed by atoms with Gasteiger partial charge in [-0.25, -0.2) is 14.6 Å². The van der Waals surface area contributed by atoms with Gasteiger partial charge in [-0.05, 0) is 49.8 Å². The lowest BCUT2D eigenvalue weighted by Crippen LogP contribution is -2.30. The van der Waals surface area contributed by atoms with Crippen LogP contribution in [0.4, 0.5) is 10.5 Å². The lowest BCUT2D eigenvalue weighted by atomic mass is 10.1. The van der Waals surface area contributed by atoms with Gasteiger partial charge in [0, 0.05) is 30.3 Å². The number of nitrogens with one attached hydrogen (secondary N) is 2. The monoisotopic (exact) mass is 419 g/mol. The fourth-order valence-electron chi connectivity index (χ4n) is 2.76. The fraction of sp³-hybridized carbons (Fsp3) is 0.208. The third-order valence-corrected chi connectivity index (χ3v) is 4.38. The van der Waals surface area contributed by atoms with Crippen molar-refractivity contribution < 1.29 is 18.7 Å². The normalized spacial score (nSPS) is 10.8. The molecule has 3 aromatic rings. The van der Waals surface area contributed by atoms with Gasteiger partial charge in [0.15, 0.2) is 0 Å². The second kappa shape index (κ2) is 10.8. The number of hydrogen-bond donors (Lipinski definition) is 2. The Bertz CT molecular complexity index is 1040. The van der Waals surface area contributed by atoms with Gasteiger partial charge in [0.1, 0.15) is 6.26 Å². The Kier molecular flexibility index (Phi) is 7.59. The number of aromatic nitrogens is 1. The number of amides is 2. The van der Waals surface area contributed by atoms with Gasteiger partial charge in [-0.3, -0.25) is 0 Å². The lowest BCUT2D eigenvalue weighted by molar-refractivity contribution is -0.137. The molecule has 1 heterocycles. The molecule has 2 amide bonds. The van der Waals surface area contributed by atoms with Crippen molar-refractivity contribution in [3.8, 4) is 11.5 Å². The Morgan fingerprint density at radius 2 is 1.84 bits per heavy atom. The molecule has 7 heteroatoms. The highest BCUT2D eigenvalue weighted by molar-refractivity contribution is 5.90. The van der Waals surface area contributed by atoms with Gasteiger partial charge in [0.25, 0.3) is 0 Å². The van der Waals surface area contributed by atoms with Crippen molar-refractivity contribution in [1.82, 2.24) is 10.3 Å². The van der Waals surface area contributed by atoms with Crippen LogP contribution in [0.25, 0.3) is 17.5 Å². The highest BCUT2D eigenvalue weighted by Crippen LogP contribution is 2.19. The van der Waals surface area contributed by atoms with Crippen LogP contribution in [0, 0.1) is 6.92 Å². The van der Waals surface area contributed by atoms with Gasteiger partial charge in [0.05, 0.1) is 12.3 Å². The first kappa shape index (κ1) is 21.8. The zero-order valence-corrected chi connectivity index (χ0v) is 17.6. The SMILES string of the molecule is CCOC(=O)/C=C/c1ccc(NC(=O)NCCc2coc(-c3ccc(C)cc3)n2)cc1. The van der Waals surface area contributed by atoms with Crippen molar-refractivity contribution in [2.24, 2.45) is 0 Å². The molecule has 7 nitrogen and oxygen atoms in total. The van der Waals surface area contributed by atoms with E-state index < -0.39 is 0 Å². The summed E-state index contributed by atoms with van der Waals surface area (Å²) in [4.78, 5) is 27.9. The Morgan fingerprint density at radius 1 is 1.10 bits per heavy atom. The summed E-state index contributed by atoms with van der Waals surface area (Å²) in [6.07, 6.45) is 5.19. The molecule has 1 aromatic heterocycles. The first-order valence-electron chi connectivity index (χ1n) is 10.0. The highest BCUT2D eigenvalue weighted by atomic mass is 16.5. The number of nitrogens with zero attached hydrogens (tertiary/aromatic N) is 1. The van der Waals surface area contributed by atoms with Gasteiger partial charge in [0.2, 0.25) is 5.89 Å². The van der Waals surface area contributed by atoms with E-state index >= 15 is 0 Å². The average Bonchev–Trinajstić information content (AvgIpc) is 3.23. The second-order valence-electron chi connectivity index (χ2n) is 6.85. The van der Waals surface area contributed by atoms with E-state index in [1.54, 1.807) is 43.5 Å². The number of rotatable bonds is 8. The van der Waals surface area contributed by atoms with Gasteiger partial charge in [-0.15, -0.1) is 0 Å². The van der Waals surface area contributed by atoms with Gasteiger partial charge in [-0.1, -0.05) is 29.8 Å². The number of oxazole rings is 1. The van der Waals surface area contributed by atoms with Crippen LogP contribution in [-0.4, -0.2) is 30.1 Å². The molecule has 3 rings (SSSR count). The Morgan fingerprint density at radius 3 is 2.55 bits per heavy atom. The summed E-state index contributed by atoms with van der Waals surface area (Å²) in [6, 6.07) is 14.8. The third kappa shape index (κ3) is 6.85. The smallest absolute Gasteiger partial charge is 0.330 e. The van der Waals surface area contributed by atoms with Crippen LogP contribution in [0.3, 0.4) is 0 Å². The Balaban J connectivity index is 1.43. The molecule has 0 unspecified atom stereocenters. The minimum atomic E-state index is -0.387. The summed E-state index contributed by atoms with van der Waals surface area (Å²) in [5.41, 5.74) is 4.34. The van der Waals surface area contributed by atoms with Crippen LogP contribution < -0.4 is 10.6 Å². The number of hydrogen-bond acceptors (Lipinski definition) is 5. The van der Waals surface area contributed by atoms with Gasteiger partial charge >= 0.3 is 12.0 Å². The van der Waals surface area contributed by atoms with Crippen molar-refractivity contribution in [3.05, 3.63) is 77.7 Å². The van der Waals surface area contributed by atoms with Crippen molar-refractivity contribution in [3.63, 3.8) is 0 Å². The topological polar surface area (TPSA) is 93.5 Å². The van der Waals surface area contributed by atoms with Crippen LogP contribution >= 0.6 is 0 Å². The first-order valence-corrected chi connectivity index (χ1v) is 10.0. The molecule has 0 aliphatic carbocycles. The molecule has 0 atom stereocenters. The molecule has 31 heavy (non-hydrogen) atoms. The van der Waals surface area contributed by atoms with E-state index in [0.29, 0.717) is 31.2 Å². The van der Waals surface area contributed by atoms with Crippen LogP contribution in [-0.2, 0) is 16.0 Å². The Labute approximate surface area is 181 Å². The molecule has 0 radical (unpaired) electrons. The summed E-state index contributed by atoms with van der Waals surface area (Å²) >= 11 is 0. The highest BCUT2D eigenvalue weighted by Gasteiger charge is 2.07. The molecule has 2 N–H and O–H groups in total. The number of carbonyl (C=O) groups is 2. The molecule has 0 saturated carbocycles. The van der Waals surface area contributed by atoms with Crippen LogP contribution in [0.1, 0.15) is 23.7 Å². The van der Waals surface area contributed by atoms with Crippen molar-refractivity contribution >= 4 is 23.8 Å². The number of ether oxygens (including phenoxy) is 1. The lowest BCUT2D eigenvalue weighted by Gasteiger charge is -2.07. The summed E-state index contributed by atoms with van der Waals surface area (Å²) in [5, 5.41) is 5.57. The molecule has 0 saturated heterocycles. The molecule has 0 aliphatic rings. The maximum atomic E-state index is 12.1. The van der Waals surface area contributed by atoms with E-state index in [1.165, 1.54) is 11.6 Å². The molecular formula is C24H25N3O4. The van der Waals surface area contributed by atoms with Crippen LogP contribution in [0.5, 0.6) is 0 Å². The van der Waals surface area contributed by atoms with Gasteiger partial charge in [-0.2, -0.15) is 0 Å². The largest absolute Gasteiger partial charge is 0.463 e. The van der Waals surface area contributed by atoms with Crippen molar-refractivity contribution in [2.45, 2.75) is 20.3 Å². The number of anilines is 1. The zero-order valence-electron chi connectivity index (χ0n) is 17.6. The second-order valence-corrected chi connectivity index (χ2v) is 6.85. The zero-order chi connectivity index (χ0) is 22.1. The maximum Gasteiger partial charge on any atom is 0.330 e. The minimum Gasteiger partial charge on any atom is -0.463 e. The average molecular weight is 419 g/mol. The number of esters is 1. The molecule has 2 aromatic carbocycles. The van der Waals surface area contributed by atoms with Gasteiger partial charge < -0.3 is 19.8 Å². The fourth-order valence-corrected chi connectivity index (χ4v) is 2.76. The summed E-state index contributed by atoms with van der Waals surface area (Å²) < 4.78 is 10.4. The third-order valence-electron chi connectivity index (χ3n) is 4.38. The predicted octanol–water partition coefficient (Wildman–Crippen LogP) is 4.59. The molecule has 0 spiro atoms. The van der Waals surface area contributed by atoms with E-state index in [4.69, 9.17) is 9.15 Å². The molecule has 0 bridgehead atoms. The van der Waals surface area contributed by atoms with Crippen molar-refractivity contribution in [1.29, 1.82) is 0 Å². The minimum absolute atomic E-state index is 0.308. The standard InChI is InChI=1S/C24H25N3O4/c1-3-30-22(28)13-8-18-6-11-20(12-7-18)27-24(29)25-15-14-21-16-31-23(26-21)19-9-4-17(2)5-10-19/h4-13,16H,3,14-15H2,1-2H3,(H2,25,27,29)/b13-8+. The quantitative estimate of drug-likeness (QED) is 0.411. The van der Waals surface area contributed by atoms with E-state index in [2.05, 4.69) is 15.6 Å². The van der Waals surface area contributed by atoms with Crippen molar-refractivity contribution in [2.75, 3.05) is 18.5 Å². The number of urea groups is 1. The van der Waals surface area contributed by atoms with E-state index in [1.807, 2.05) is 31.2 Å². The number of aryl methyl sites for hydroxylation is 1. The predicted molar refractivity (Wildman–Crippen MR) is 120 cm³/mol. The summed E-state index contributed by atoms with van der Waals surface area (Å²) in [6.45, 7) is 4.54. The van der Waals surface area contributed by atoms with E-state index in [-0.39, 0.29) is 12.0 Å². The van der Waals surface area contributed by atoms with E-state index in [9.17, 15) is 9.59 Å². The maximum absolute atomic E-state index is 12.1. The number of benzene rings is 2. The van der Waals surface area contributed by atoms with Crippen LogP contribution in [0.15, 0.2) is 65.3 Å². The van der Waals surface area contributed by atoms with Crippen LogP contribution in [0.2, 0.25) is 0 Å². The Hall–Kier alpha value is -3.87.